The topological polar surface area (TPSA) is 77.7 Å². The molecule has 8 nitrogen and oxygen atoms in total. The van der Waals surface area contributed by atoms with Crippen molar-refractivity contribution in [2.75, 3.05) is 68.6 Å². The number of fused-ring (bicyclic) bond motifs is 1. The number of hydrogen-bond donors (Lipinski definition) is 3. The van der Waals surface area contributed by atoms with E-state index in [4.69, 9.17) is 14.5 Å². The fourth-order valence-electron chi connectivity index (χ4n) is 4.99. The molecule has 0 unspecified atom stereocenters. The first-order chi connectivity index (χ1) is 16.2. The van der Waals surface area contributed by atoms with Crippen LogP contribution in [0.2, 0.25) is 0 Å². The van der Waals surface area contributed by atoms with Crippen molar-refractivity contribution in [2.24, 2.45) is 0 Å². The molecule has 2 fully saturated rings. The summed E-state index contributed by atoms with van der Waals surface area (Å²) in [7, 11) is 1.72. The molecule has 2 aliphatic rings. The van der Waals surface area contributed by atoms with Gasteiger partial charge in [0.25, 0.3) is 0 Å². The summed E-state index contributed by atoms with van der Waals surface area (Å²) in [5, 5.41) is 7.96. The van der Waals surface area contributed by atoms with E-state index in [1.165, 1.54) is 18.5 Å². The number of aromatic amines is 1. The van der Waals surface area contributed by atoms with Crippen molar-refractivity contribution in [1.82, 2.24) is 14.9 Å². The van der Waals surface area contributed by atoms with Gasteiger partial charge in [-0.25, -0.2) is 4.98 Å². The second-order valence-corrected chi connectivity index (χ2v) is 8.70. The maximum absolute atomic E-state index is 5.75. The number of aromatic nitrogens is 2. The van der Waals surface area contributed by atoms with Crippen molar-refractivity contribution in [2.45, 2.75) is 25.8 Å². The van der Waals surface area contributed by atoms with E-state index in [1.54, 1.807) is 7.11 Å². The second kappa shape index (κ2) is 9.89. The van der Waals surface area contributed by atoms with E-state index in [0.717, 1.165) is 79.9 Å². The third-order valence-electron chi connectivity index (χ3n) is 6.74. The summed E-state index contributed by atoms with van der Waals surface area (Å²) in [6.45, 7) is 8.94. The molecule has 0 bridgehead atoms. The van der Waals surface area contributed by atoms with Crippen molar-refractivity contribution in [3.05, 3.63) is 36.5 Å². The molecule has 2 aliphatic heterocycles. The first kappa shape index (κ1) is 21.9. The highest BCUT2D eigenvalue weighted by molar-refractivity contribution is 5.92. The summed E-state index contributed by atoms with van der Waals surface area (Å²) >= 11 is 0. The van der Waals surface area contributed by atoms with Crippen molar-refractivity contribution < 1.29 is 9.47 Å². The van der Waals surface area contributed by atoms with Crippen LogP contribution in [0, 0.1) is 0 Å². The normalized spacial score (nSPS) is 17.9. The molecule has 33 heavy (non-hydrogen) atoms. The van der Waals surface area contributed by atoms with Crippen LogP contribution in [0.5, 0.6) is 5.75 Å². The Morgan fingerprint density at radius 1 is 1.09 bits per heavy atom. The van der Waals surface area contributed by atoms with E-state index in [1.807, 2.05) is 18.3 Å². The largest absolute Gasteiger partial charge is 0.494 e. The van der Waals surface area contributed by atoms with Gasteiger partial charge in [-0.1, -0.05) is 0 Å². The Balaban J connectivity index is 1.29. The molecule has 3 N–H and O–H groups in total. The van der Waals surface area contributed by atoms with Gasteiger partial charge in [-0.2, -0.15) is 0 Å². The van der Waals surface area contributed by atoms with E-state index < -0.39 is 0 Å². The van der Waals surface area contributed by atoms with Crippen molar-refractivity contribution >= 4 is 33.9 Å². The Labute approximate surface area is 195 Å². The average Bonchev–Trinajstić information content (AvgIpc) is 3.34. The van der Waals surface area contributed by atoms with Gasteiger partial charge in [0, 0.05) is 73.9 Å². The highest BCUT2D eigenvalue weighted by atomic mass is 16.5. The fourth-order valence-corrected chi connectivity index (χ4v) is 4.99. The van der Waals surface area contributed by atoms with Gasteiger partial charge in [0.15, 0.2) is 0 Å². The lowest BCUT2D eigenvalue weighted by Gasteiger charge is -2.40. The minimum absolute atomic E-state index is 0.674. The molecule has 0 spiro atoms. The molecular formula is C25H34N6O2. The lowest BCUT2D eigenvalue weighted by atomic mass is 10.0. The molecule has 1 aromatic carbocycles. The predicted molar refractivity (Wildman–Crippen MR) is 134 cm³/mol. The molecular weight excluding hydrogens is 416 g/mol. The van der Waals surface area contributed by atoms with Gasteiger partial charge in [0.05, 0.1) is 26.0 Å². The first-order valence-electron chi connectivity index (χ1n) is 12.0. The quantitative estimate of drug-likeness (QED) is 0.501. The van der Waals surface area contributed by atoms with Crippen molar-refractivity contribution in [1.29, 1.82) is 0 Å². The number of hydrogen-bond acceptors (Lipinski definition) is 7. The molecule has 8 heteroatoms. The SMILES string of the molecule is CCNc1cc(Nc2ccc(N3CCC(N4CCOCC4)CC3)cc2OC)nc2[nH]ccc12. The van der Waals surface area contributed by atoms with Crippen LogP contribution < -0.4 is 20.3 Å². The molecule has 5 rings (SSSR count). The monoisotopic (exact) mass is 450 g/mol. The van der Waals surface area contributed by atoms with E-state index >= 15 is 0 Å². The number of morpholine rings is 1. The zero-order chi connectivity index (χ0) is 22.6. The number of nitrogens with one attached hydrogen (secondary N) is 3. The van der Waals surface area contributed by atoms with Crippen LogP contribution in [0.3, 0.4) is 0 Å². The Hall–Kier alpha value is -2.97. The third-order valence-corrected chi connectivity index (χ3v) is 6.74. The van der Waals surface area contributed by atoms with Gasteiger partial charge < -0.3 is 30.0 Å². The fraction of sp³-hybridized carbons (Fsp3) is 0.480. The van der Waals surface area contributed by atoms with Crippen LogP contribution in [-0.2, 0) is 4.74 Å². The van der Waals surface area contributed by atoms with Gasteiger partial charge in [-0.3, -0.25) is 4.90 Å². The average molecular weight is 451 g/mol. The smallest absolute Gasteiger partial charge is 0.144 e. The number of nitrogens with zero attached hydrogens (tertiary/aromatic N) is 3. The van der Waals surface area contributed by atoms with Crippen LogP contribution in [0.4, 0.5) is 22.9 Å². The summed E-state index contributed by atoms with van der Waals surface area (Å²) in [5.41, 5.74) is 4.03. The van der Waals surface area contributed by atoms with Crippen LogP contribution in [-0.4, -0.2) is 74.0 Å². The number of H-pyrrole nitrogens is 1. The molecule has 4 heterocycles. The summed E-state index contributed by atoms with van der Waals surface area (Å²) in [6, 6.07) is 11.2. The lowest BCUT2D eigenvalue weighted by molar-refractivity contribution is 0.0115. The Morgan fingerprint density at radius 2 is 1.91 bits per heavy atom. The Bertz CT molecular complexity index is 1070. The highest BCUT2D eigenvalue weighted by Gasteiger charge is 2.26. The van der Waals surface area contributed by atoms with Gasteiger partial charge in [-0.15, -0.1) is 0 Å². The van der Waals surface area contributed by atoms with Gasteiger partial charge in [0.1, 0.15) is 17.2 Å². The summed E-state index contributed by atoms with van der Waals surface area (Å²) < 4.78 is 11.3. The minimum Gasteiger partial charge on any atom is -0.494 e. The summed E-state index contributed by atoms with van der Waals surface area (Å²) in [4.78, 5) is 13.0. The van der Waals surface area contributed by atoms with Crippen molar-refractivity contribution in [3.63, 3.8) is 0 Å². The van der Waals surface area contributed by atoms with Crippen molar-refractivity contribution in [3.8, 4) is 5.75 Å². The molecule has 3 aromatic rings. The van der Waals surface area contributed by atoms with Crippen LogP contribution >= 0.6 is 0 Å². The van der Waals surface area contributed by atoms with Gasteiger partial charge >= 0.3 is 0 Å². The van der Waals surface area contributed by atoms with E-state index in [0.29, 0.717) is 6.04 Å². The van der Waals surface area contributed by atoms with Gasteiger partial charge in [-0.05, 0) is 38.0 Å². The molecule has 2 aromatic heterocycles. The van der Waals surface area contributed by atoms with Crippen LogP contribution in [0.25, 0.3) is 11.0 Å². The number of anilines is 4. The maximum Gasteiger partial charge on any atom is 0.144 e. The second-order valence-electron chi connectivity index (χ2n) is 8.70. The van der Waals surface area contributed by atoms with Crippen LogP contribution in [0.1, 0.15) is 19.8 Å². The number of rotatable bonds is 7. The predicted octanol–water partition coefficient (Wildman–Crippen LogP) is 4.05. The standard InChI is InChI=1S/C25H34N6O2/c1-3-26-22-17-24(29-25-20(22)6-9-27-25)28-21-5-4-19(16-23(21)32-2)30-10-7-18(8-11-30)31-12-14-33-15-13-31/h4-6,9,16-18H,3,7-8,10-15H2,1-2H3,(H3,26,27,28,29). The van der Waals surface area contributed by atoms with Gasteiger partial charge in [0.2, 0.25) is 0 Å². The van der Waals surface area contributed by atoms with Crippen LogP contribution in [0.15, 0.2) is 36.5 Å². The molecule has 0 aliphatic carbocycles. The molecule has 176 valence electrons. The Morgan fingerprint density at radius 3 is 2.67 bits per heavy atom. The Kier molecular flexibility index (Phi) is 6.55. The molecule has 0 amide bonds. The number of piperidine rings is 1. The molecule has 2 saturated heterocycles. The highest BCUT2D eigenvalue weighted by Crippen LogP contribution is 2.34. The first-order valence-corrected chi connectivity index (χ1v) is 12.0. The summed E-state index contributed by atoms with van der Waals surface area (Å²) in [5.74, 6) is 1.60. The summed E-state index contributed by atoms with van der Waals surface area (Å²) in [6.07, 6.45) is 4.30. The zero-order valence-electron chi connectivity index (χ0n) is 19.6. The third kappa shape index (κ3) is 4.72. The van der Waals surface area contributed by atoms with E-state index in [2.05, 4.69) is 50.5 Å². The minimum atomic E-state index is 0.674. The maximum atomic E-state index is 5.75. The van der Waals surface area contributed by atoms with E-state index in [9.17, 15) is 0 Å². The lowest BCUT2D eigenvalue weighted by Crippen LogP contribution is -2.49. The number of ether oxygens (including phenoxy) is 2. The number of benzene rings is 1. The number of pyridine rings is 1. The van der Waals surface area contributed by atoms with E-state index in [-0.39, 0.29) is 0 Å². The molecule has 0 saturated carbocycles. The molecule has 0 atom stereocenters. The molecule has 0 radical (unpaired) electrons. The zero-order valence-corrected chi connectivity index (χ0v) is 19.6. The number of methoxy groups -OCH3 is 1.